The Morgan fingerprint density at radius 2 is 2.18 bits per heavy atom. The predicted molar refractivity (Wildman–Crippen MR) is 69.2 cm³/mol. The second-order valence-corrected chi connectivity index (χ2v) is 5.38. The first-order valence-corrected chi connectivity index (χ1v) is 6.66. The number of nitrogens with zero attached hydrogens (tertiary/aromatic N) is 2. The quantitative estimate of drug-likeness (QED) is 0.746. The number of carbonyl (C=O) groups excluding carboxylic acids is 1. The zero-order valence-corrected chi connectivity index (χ0v) is 11.0. The van der Waals surface area contributed by atoms with Crippen LogP contribution in [0.25, 0.3) is 6.08 Å². The van der Waals surface area contributed by atoms with E-state index in [-0.39, 0.29) is 5.92 Å². The number of carbonyl (C=O) groups is 1. The van der Waals surface area contributed by atoms with E-state index in [0.717, 1.165) is 41.8 Å². The number of allylic oxidation sites excluding steroid dienone is 1. The van der Waals surface area contributed by atoms with Crippen LogP contribution in [0, 0.1) is 5.92 Å². The van der Waals surface area contributed by atoms with Crippen molar-refractivity contribution in [3.8, 4) is 0 Å². The molecule has 3 aliphatic heterocycles. The van der Waals surface area contributed by atoms with Gasteiger partial charge in [-0.05, 0) is 47.0 Å². The molecular formula is C13H13BrN2O. The van der Waals surface area contributed by atoms with Crippen molar-refractivity contribution in [1.82, 2.24) is 9.88 Å². The highest BCUT2D eigenvalue weighted by molar-refractivity contribution is 9.10. The Bertz CT molecular complexity index is 490. The summed E-state index contributed by atoms with van der Waals surface area (Å²) in [6.45, 7) is 2.01. The molecule has 2 bridgehead atoms. The molecule has 1 aromatic rings. The van der Waals surface area contributed by atoms with Gasteiger partial charge in [0, 0.05) is 29.7 Å². The maximum atomic E-state index is 12.1. The monoisotopic (exact) mass is 292 g/mol. The summed E-state index contributed by atoms with van der Waals surface area (Å²) in [5.41, 5.74) is 1.68. The highest BCUT2D eigenvalue weighted by Crippen LogP contribution is 2.32. The molecule has 17 heavy (non-hydrogen) atoms. The number of piperidine rings is 3. The van der Waals surface area contributed by atoms with Crippen LogP contribution in [-0.4, -0.2) is 28.8 Å². The van der Waals surface area contributed by atoms with E-state index in [1.54, 1.807) is 6.20 Å². The van der Waals surface area contributed by atoms with Crippen molar-refractivity contribution in [3.63, 3.8) is 0 Å². The first-order chi connectivity index (χ1) is 8.25. The Kier molecular flexibility index (Phi) is 2.74. The van der Waals surface area contributed by atoms with Crippen molar-refractivity contribution < 1.29 is 4.79 Å². The summed E-state index contributed by atoms with van der Waals surface area (Å²) in [5.74, 6) is 0.536. The van der Waals surface area contributed by atoms with Crippen LogP contribution in [0.2, 0.25) is 0 Å². The van der Waals surface area contributed by atoms with Gasteiger partial charge in [0.05, 0.1) is 11.4 Å². The van der Waals surface area contributed by atoms with Crippen LogP contribution in [0.5, 0.6) is 0 Å². The number of aromatic nitrogens is 1. The lowest BCUT2D eigenvalue weighted by atomic mass is 9.84. The largest absolute Gasteiger partial charge is 0.369 e. The molecule has 0 radical (unpaired) electrons. The number of rotatable bonds is 1. The van der Waals surface area contributed by atoms with Gasteiger partial charge in [-0.15, -0.1) is 0 Å². The molecule has 0 aliphatic carbocycles. The second-order valence-electron chi connectivity index (χ2n) is 4.53. The maximum Gasteiger partial charge on any atom is 0.182 e. The van der Waals surface area contributed by atoms with Gasteiger partial charge in [-0.25, -0.2) is 0 Å². The van der Waals surface area contributed by atoms with Crippen LogP contribution >= 0.6 is 15.9 Å². The lowest BCUT2D eigenvalue weighted by Gasteiger charge is -2.41. The minimum absolute atomic E-state index is 0.244. The lowest BCUT2D eigenvalue weighted by molar-refractivity contribution is -0.125. The molecule has 3 aliphatic rings. The maximum absolute atomic E-state index is 12.1. The summed E-state index contributed by atoms with van der Waals surface area (Å²) in [6.07, 6.45) is 5.69. The molecule has 3 fully saturated rings. The first-order valence-electron chi connectivity index (χ1n) is 5.87. The van der Waals surface area contributed by atoms with Gasteiger partial charge >= 0.3 is 0 Å². The van der Waals surface area contributed by atoms with Crippen LogP contribution in [0.15, 0.2) is 28.5 Å². The van der Waals surface area contributed by atoms with E-state index in [9.17, 15) is 4.79 Å². The van der Waals surface area contributed by atoms with Gasteiger partial charge in [-0.3, -0.25) is 9.78 Å². The number of halogens is 1. The molecule has 88 valence electrons. The Labute approximate surface area is 109 Å². The SMILES string of the molecule is O=C1/C(=C/c2ncccc2Br)N2CCC1CC2. The van der Waals surface area contributed by atoms with Gasteiger partial charge in [-0.2, -0.15) is 0 Å². The Balaban J connectivity index is 1.99. The van der Waals surface area contributed by atoms with Gasteiger partial charge in [-0.1, -0.05) is 0 Å². The normalized spacial score (nSPS) is 22.5. The number of pyridine rings is 1. The number of hydrogen-bond acceptors (Lipinski definition) is 3. The molecule has 0 amide bonds. The first kappa shape index (κ1) is 11.0. The third-order valence-electron chi connectivity index (χ3n) is 3.52. The number of ketones is 1. The van der Waals surface area contributed by atoms with Gasteiger partial charge in [0.15, 0.2) is 5.78 Å². The smallest absolute Gasteiger partial charge is 0.182 e. The topological polar surface area (TPSA) is 33.2 Å². The fourth-order valence-corrected chi connectivity index (χ4v) is 2.91. The minimum atomic E-state index is 0.244. The average molecular weight is 293 g/mol. The molecule has 4 heteroatoms. The molecule has 4 rings (SSSR count). The molecule has 0 aromatic carbocycles. The summed E-state index contributed by atoms with van der Waals surface area (Å²) < 4.78 is 0.933. The van der Waals surface area contributed by atoms with Crippen molar-refractivity contribution in [2.45, 2.75) is 12.8 Å². The van der Waals surface area contributed by atoms with Gasteiger partial charge in [0.2, 0.25) is 0 Å². The van der Waals surface area contributed by atoms with E-state index in [2.05, 4.69) is 25.8 Å². The van der Waals surface area contributed by atoms with E-state index in [4.69, 9.17) is 0 Å². The van der Waals surface area contributed by atoms with Crippen LogP contribution in [0.1, 0.15) is 18.5 Å². The summed E-state index contributed by atoms with van der Waals surface area (Å²) in [6, 6.07) is 3.82. The molecule has 4 heterocycles. The molecule has 0 spiro atoms. The highest BCUT2D eigenvalue weighted by atomic mass is 79.9. The van der Waals surface area contributed by atoms with Gasteiger partial charge in [0.1, 0.15) is 0 Å². The third kappa shape index (κ3) is 1.90. The number of hydrogen-bond donors (Lipinski definition) is 0. The van der Waals surface area contributed by atoms with Crippen molar-refractivity contribution >= 4 is 27.8 Å². The number of Topliss-reactive ketones (excluding diaryl/α,β-unsaturated/α-hetero) is 1. The molecule has 0 N–H and O–H groups in total. The van der Waals surface area contributed by atoms with Crippen LogP contribution < -0.4 is 0 Å². The summed E-state index contributed by atoms with van der Waals surface area (Å²) in [7, 11) is 0. The Morgan fingerprint density at radius 3 is 2.82 bits per heavy atom. The summed E-state index contributed by atoms with van der Waals surface area (Å²) in [5, 5.41) is 0. The fraction of sp³-hybridized carbons (Fsp3) is 0.385. The standard InChI is InChI=1S/C13H13BrN2O/c14-10-2-1-5-15-11(10)8-12-13(17)9-3-6-16(12)7-4-9/h1-2,5,8-9H,3-4,6-7H2/b12-8-. The van der Waals surface area contributed by atoms with E-state index < -0.39 is 0 Å². The van der Waals surface area contributed by atoms with Crippen molar-refractivity contribution in [2.75, 3.05) is 13.1 Å². The van der Waals surface area contributed by atoms with E-state index >= 15 is 0 Å². The van der Waals surface area contributed by atoms with E-state index in [1.807, 2.05) is 18.2 Å². The zero-order valence-electron chi connectivity index (χ0n) is 9.40. The summed E-state index contributed by atoms with van der Waals surface area (Å²) >= 11 is 3.46. The lowest BCUT2D eigenvalue weighted by Crippen LogP contribution is -2.45. The molecule has 0 atom stereocenters. The fourth-order valence-electron chi connectivity index (χ4n) is 2.54. The average Bonchev–Trinajstić information content (AvgIpc) is 2.36. The van der Waals surface area contributed by atoms with Crippen molar-refractivity contribution in [3.05, 3.63) is 34.2 Å². The third-order valence-corrected chi connectivity index (χ3v) is 4.19. The van der Waals surface area contributed by atoms with Crippen LogP contribution in [0.3, 0.4) is 0 Å². The Morgan fingerprint density at radius 1 is 1.41 bits per heavy atom. The molecule has 3 saturated heterocycles. The highest BCUT2D eigenvalue weighted by Gasteiger charge is 2.36. The van der Waals surface area contributed by atoms with Gasteiger partial charge < -0.3 is 4.90 Å². The summed E-state index contributed by atoms with van der Waals surface area (Å²) in [4.78, 5) is 18.6. The van der Waals surface area contributed by atoms with E-state index in [1.165, 1.54) is 0 Å². The molecular weight excluding hydrogens is 280 g/mol. The second kappa shape index (κ2) is 4.26. The molecule has 3 nitrogen and oxygen atoms in total. The zero-order chi connectivity index (χ0) is 11.8. The van der Waals surface area contributed by atoms with E-state index in [0.29, 0.717) is 5.78 Å². The van der Waals surface area contributed by atoms with Crippen LogP contribution in [0.4, 0.5) is 0 Å². The molecule has 0 saturated carbocycles. The minimum Gasteiger partial charge on any atom is -0.369 e. The Hall–Kier alpha value is -1.16. The number of fused-ring (bicyclic) bond motifs is 3. The van der Waals surface area contributed by atoms with Crippen LogP contribution in [-0.2, 0) is 4.79 Å². The van der Waals surface area contributed by atoms with Gasteiger partial charge in [0.25, 0.3) is 0 Å². The molecule has 1 aromatic heterocycles. The van der Waals surface area contributed by atoms with Crippen molar-refractivity contribution in [1.29, 1.82) is 0 Å². The molecule has 0 unspecified atom stereocenters. The predicted octanol–water partition coefficient (Wildman–Crippen LogP) is 2.48. The van der Waals surface area contributed by atoms with Crippen molar-refractivity contribution in [2.24, 2.45) is 5.92 Å².